The van der Waals surface area contributed by atoms with Crippen LogP contribution >= 0.6 is 24.0 Å². The van der Waals surface area contributed by atoms with Crippen LogP contribution in [0.3, 0.4) is 0 Å². The summed E-state index contributed by atoms with van der Waals surface area (Å²) in [5.74, 6) is 1.53. The molecule has 0 bridgehead atoms. The third kappa shape index (κ3) is 6.77. The normalized spacial score (nSPS) is 13.1. The van der Waals surface area contributed by atoms with Gasteiger partial charge in [-0.1, -0.05) is 26.7 Å². The van der Waals surface area contributed by atoms with E-state index in [2.05, 4.69) is 67.4 Å². The van der Waals surface area contributed by atoms with Crippen molar-refractivity contribution < 1.29 is 0 Å². The van der Waals surface area contributed by atoms with Gasteiger partial charge in [0.15, 0.2) is 5.96 Å². The predicted molar refractivity (Wildman–Crippen MR) is 118 cm³/mol. The Morgan fingerprint density at radius 1 is 1.20 bits per heavy atom. The summed E-state index contributed by atoms with van der Waals surface area (Å²) in [7, 11) is 8.11. The van der Waals surface area contributed by atoms with Gasteiger partial charge in [0.05, 0.1) is 5.69 Å². The lowest BCUT2D eigenvalue weighted by atomic mass is 9.93. The maximum atomic E-state index is 4.47. The molecule has 0 radical (unpaired) electrons. The number of nitrogens with one attached hydrogen (secondary N) is 2. The smallest absolute Gasteiger partial charge is 0.191 e. The monoisotopic (exact) mass is 464 g/mol. The highest BCUT2D eigenvalue weighted by Crippen LogP contribution is 2.16. The predicted octanol–water partition coefficient (Wildman–Crippen LogP) is 2.69. The van der Waals surface area contributed by atoms with E-state index in [1.165, 1.54) is 24.1 Å². The number of hydrogen-bond donors (Lipinski definition) is 2. The van der Waals surface area contributed by atoms with Crippen LogP contribution in [-0.4, -0.2) is 54.4 Å². The Labute approximate surface area is 170 Å². The Hall–Kier alpha value is -0.830. The highest BCUT2D eigenvalue weighted by atomic mass is 127. The molecule has 7 heteroatoms. The van der Waals surface area contributed by atoms with Crippen molar-refractivity contribution in [3.8, 4) is 0 Å². The minimum atomic E-state index is 0. The fourth-order valence-corrected chi connectivity index (χ4v) is 3.27. The van der Waals surface area contributed by atoms with Crippen LogP contribution in [0.4, 0.5) is 0 Å². The second kappa shape index (κ2) is 11.7. The number of nitrogens with zero attached hydrogens (tertiary/aromatic N) is 4. The molecule has 1 atom stereocenters. The summed E-state index contributed by atoms with van der Waals surface area (Å²) in [4.78, 5) is 6.67. The zero-order valence-corrected chi connectivity index (χ0v) is 19.5. The van der Waals surface area contributed by atoms with Gasteiger partial charge < -0.3 is 15.5 Å². The van der Waals surface area contributed by atoms with Crippen molar-refractivity contribution in [2.24, 2.45) is 18.0 Å². The highest BCUT2D eigenvalue weighted by molar-refractivity contribution is 14.0. The molecule has 1 aromatic rings. The molecule has 1 aromatic heterocycles. The van der Waals surface area contributed by atoms with Crippen molar-refractivity contribution in [3.63, 3.8) is 0 Å². The first-order valence-electron chi connectivity index (χ1n) is 8.95. The summed E-state index contributed by atoms with van der Waals surface area (Å²) in [5, 5.41) is 11.4. The maximum Gasteiger partial charge on any atom is 0.191 e. The molecule has 0 aliphatic rings. The van der Waals surface area contributed by atoms with Gasteiger partial charge in [0, 0.05) is 44.5 Å². The summed E-state index contributed by atoms with van der Waals surface area (Å²) < 4.78 is 1.93. The number of guanidine groups is 1. The molecule has 1 unspecified atom stereocenters. The van der Waals surface area contributed by atoms with Crippen molar-refractivity contribution in [1.82, 2.24) is 25.3 Å². The maximum absolute atomic E-state index is 4.47. The molecule has 0 aromatic carbocycles. The van der Waals surface area contributed by atoms with E-state index in [4.69, 9.17) is 0 Å². The third-order valence-electron chi connectivity index (χ3n) is 5.05. The lowest BCUT2D eigenvalue weighted by molar-refractivity contribution is 0.200. The van der Waals surface area contributed by atoms with Crippen LogP contribution < -0.4 is 10.6 Å². The minimum Gasteiger partial charge on any atom is -0.355 e. The second-order valence-electron chi connectivity index (χ2n) is 6.69. The van der Waals surface area contributed by atoms with Gasteiger partial charge in [0.1, 0.15) is 0 Å². The first-order chi connectivity index (χ1) is 11.3. The summed E-state index contributed by atoms with van der Waals surface area (Å²) in [6.45, 7) is 10.3. The van der Waals surface area contributed by atoms with E-state index in [0.717, 1.165) is 24.7 Å². The molecule has 0 aliphatic carbocycles. The van der Waals surface area contributed by atoms with Crippen molar-refractivity contribution in [2.45, 2.75) is 53.1 Å². The van der Waals surface area contributed by atoms with Gasteiger partial charge in [-0.2, -0.15) is 5.10 Å². The topological polar surface area (TPSA) is 57.5 Å². The van der Waals surface area contributed by atoms with E-state index in [-0.39, 0.29) is 24.0 Å². The van der Waals surface area contributed by atoms with E-state index in [0.29, 0.717) is 12.0 Å². The molecule has 0 saturated carbocycles. The second-order valence-corrected chi connectivity index (χ2v) is 6.69. The summed E-state index contributed by atoms with van der Waals surface area (Å²) in [5.41, 5.74) is 3.50. The molecular formula is C18H37IN6. The molecular weight excluding hydrogens is 427 g/mol. The third-order valence-corrected chi connectivity index (χ3v) is 5.05. The lowest BCUT2D eigenvalue weighted by Gasteiger charge is -2.32. The molecule has 0 aliphatic heterocycles. The zero-order chi connectivity index (χ0) is 18.3. The molecule has 0 spiro atoms. The van der Waals surface area contributed by atoms with Crippen molar-refractivity contribution in [3.05, 3.63) is 17.0 Å². The van der Waals surface area contributed by atoms with Gasteiger partial charge in [-0.3, -0.25) is 9.67 Å². The first kappa shape index (κ1) is 24.2. The highest BCUT2D eigenvalue weighted by Gasteiger charge is 2.20. The SMILES string of the molecule is CCC(CC)C(CNC(=NC)NCc1c(C)nn(C)c1C)N(C)C.I. The standard InChI is InChI=1S/C18H36N6.HI/c1-9-15(10-2)17(23(6)7)12-21-18(19-5)20-11-16-13(3)22-24(8)14(16)4;/h15,17H,9-12H2,1-8H3,(H2,19,20,21);1H. The number of aliphatic imine (C=N–C) groups is 1. The van der Waals surface area contributed by atoms with E-state index < -0.39 is 0 Å². The van der Waals surface area contributed by atoms with E-state index in [1.54, 1.807) is 0 Å². The number of hydrogen-bond acceptors (Lipinski definition) is 3. The summed E-state index contributed by atoms with van der Waals surface area (Å²) in [6.07, 6.45) is 2.39. The molecule has 2 N–H and O–H groups in total. The van der Waals surface area contributed by atoms with Crippen LogP contribution in [0, 0.1) is 19.8 Å². The Balaban J connectivity index is 0.00000576. The van der Waals surface area contributed by atoms with Crippen molar-refractivity contribution in [2.75, 3.05) is 27.7 Å². The number of aromatic nitrogens is 2. The van der Waals surface area contributed by atoms with E-state index in [9.17, 15) is 0 Å². The van der Waals surface area contributed by atoms with Crippen LogP contribution in [0.2, 0.25) is 0 Å². The number of aryl methyl sites for hydroxylation is 2. The van der Waals surface area contributed by atoms with Gasteiger partial charge in [-0.25, -0.2) is 0 Å². The van der Waals surface area contributed by atoms with Crippen LogP contribution in [-0.2, 0) is 13.6 Å². The Morgan fingerprint density at radius 2 is 1.80 bits per heavy atom. The van der Waals surface area contributed by atoms with Gasteiger partial charge in [-0.05, 0) is 33.9 Å². The molecule has 6 nitrogen and oxygen atoms in total. The zero-order valence-electron chi connectivity index (χ0n) is 17.2. The minimum absolute atomic E-state index is 0. The van der Waals surface area contributed by atoms with Gasteiger partial charge in [0.25, 0.3) is 0 Å². The average Bonchev–Trinajstić information content (AvgIpc) is 2.79. The van der Waals surface area contributed by atoms with Crippen LogP contribution in [0.25, 0.3) is 0 Å². The van der Waals surface area contributed by atoms with Crippen LogP contribution in [0.15, 0.2) is 4.99 Å². The quantitative estimate of drug-likeness (QED) is 0.353. The molecule has 1 rings (SSSR count). The lowest BCUT2D eigenvalue weighted by Crippen LogP contribution is -2.47. The Morgan fingerprint density at radius 3 is 2.20 bits per heavy atom. The van der Waals surface area contributed by atoms with Crippen molar-refractivity contribution in [1.29, 1.82) is 0 Å². The van der Waals surface area contributed by atoms with Crippen molar-refractivity contribution >= 4 is 29.9 Å². The molecule has 0 amide bonds. The van der Waals surface area contributed by atoms with Gasteiger partial charge in [-0.15, -0.1) is 24.0 Å². The van der Waals surface area contributed by atoms with Crippen LogP contribution in [0.5, 0.6) is 0 Å². The molecule has 146 valence electrons. The Bertz CT molecular complexity index is 534. The first-order valence-corrected chi connectivity index (χ1v) is 8.95. The number of likely N-dealkylation sites (N-methyl/N-ethyl adjacent to an activating group) is 1. The molecule has 1 heterocycles. The molecule has 0 saturated heterocycles. The van der Waals surface area contributed by atoms with E-state index in [1.807, 2.05) is 18.8 Å². The average molecular weight is 464 g/mol. The van der Waals surface area contributed by atoms with Gasteiger partial charge in [0.2, 0.25) is 0 Å². The molecule has 25 heavy (non-hydrogen) atoms. The van der Waals surface area contributed by atoms with E-state index >= 15 is 0 Å². The fraction of sp³-hybridized carbons (Fsp3) is 0.778. The molecule has 0 fully saturated rings. The largest absolute Gasteiger partial charge is 0.355 e. The number of rotatable bonds is 8. The Kier molecular flexibility index (Phi) is 11.3. The van der Waals surface area contributed by atoms with Crippen LogP contribution in [0.1, 0.15) is 43.6 Å². The number of halogens is 1. The fourth-order valence-electron chi connectivity index (χ4n) is 3.27. The van der Waals surface area contributed by atoms with Gasteiger partial charge >= 0.3 is 0 Å². The summed E-state index contributed by atoms with van der Waals surface area (Å²) in [6, 6.07) is 0.500. The summed E-state index contributed by atoms with van der Waals surface area (Å²) >= 11 is 0.